The largest absolute Gasteiger partial charge is 0.388 e. The molecule has 1 nitrogen and oxygen atoms in total. The normalized spacial score (nSPS) is 31.4. The summed E-state index contributed by atoms with van der Waals surface area (Å²) < 4.78 is 0. The number of rotatable bonds is 1. The van der Waals surface area contributed by atoms with Gasteiger partial charge in [-0.3, -0.25) is 0 Å². The Morgan fingerprint density at radius 2 is 2.23 bits per heavy atom. The Hall–Kier alpha value is -1.08. The van der Waals surface area contributed by atoms with Crippen molar-refractivity contribution in [3.8, 4) is 0 Å². The molecule has 2 rings (SSSR count). The van der Waals surface area contributed by atoms with Crippen molar-refractivity contribution in [2.75, 3.05) is 0 Å². The molecule has 1 aromatic rings. The number of benzene rings is 1. The molecule has 13 heavy (non-hydrogen) atoms. The van der Waals surface area contributed by atoms with Crippen LogP contribution in [-0.4, -0.2) is 5.11 Å². The molecule has 0 saturated carbocycles. The van der Waals surface area contributed by atoms with Gasteiger partial charge in [-0.2, -0.15) is 0 Å². The molecular formula is C12H14O. The molecule has 0 fully saturated rings. The molecule has 0 bridgehead atoms. The minimum absolute atomic E-state index is 0.0456. The van der Waals surface area contributed by atoms with E-state index in [0.29, 0.717) is 0 Å². The predicted octanol–water partition coefficient (Wildman–Crippen LogP) is 2.57. The van der Waals surface area contributed by atoms with E-state index in [1.165, 1.54) is 5.56 Å². The molecule has 0 radical (unpaired) electrons. The molecule has 1 aliphatic carbocycles. The first-order chi connectivity index (χ1) is 6.17. The minimum atomic E-state index is -0.320. The highest BCUT2D eigenvalue weighted by atomic mass is 16.3. The smallest absolute Gasteiger partial charge is 0.0804 e. The maximum Gasteiger partial charge on any atom is 0.0804 e. The topological polar surface area (TPSA) is 20.2 Å². The van der Waals surface area contributed by atoms with Crippen LogP contribution in [0.3, 0.4) is 0 Å². The zero-order valence-electron chi connectivity index (χ0n) is 7.83. The van der Waals surface area contributed by atoms with Crippen LogP contribution in [0.2, 0.25) is 0 Å². The molecule has 0 aromatic heterocycles. The summed E-state index contributed by atoms with van der Waals surface area (Å²) in [4.78, 5) is 0. The third-order valence-electron chi connectivity index (χ3n) is 3.00. The van der Waals surface area contributed by atoms with Crippen LogP contribution >= 0.6 is 0 Å². The van der Waals surface area contributed by atoms with Gasteiger partial charge in [-0.15, -0.1) is 6.58 Å². The summed E-state index contributed by atoms with van der Waals surface area (Å²) in [6.45, 7) is 5.96. The van der Waals surface area contributed by atoms with Gasteiger partial charge in [0, 0.05) is 5.41 Å². The SMILES string of the molecule is C=C[C@]1(C)C[C@H](O)c2ccccc21. The Balaban J connectivity index is 2.59. The van der Waals surface area contributed by atoms with Crippen molar-refractivity contribution >= 4 is 0 Å². The van der Waals surface area contributed by atoms with Crippen molar-refractivity contribution in [3.63, 3.8) is 0 Å². The molecular weight excluding hydrogens is 160 g/mol. The Morgan fingerprint density at radius 3 is 2.92 bits per heavy atom. The zero-order valence-corrected chi connectivity index (χ0v) is 7.83. The van der Waals surface area contributed by atoms with Crippen molar-refractivity contribution < 1.29 is 5.11 Å². The third kappa shape index (κ3) is 1.11. The van der Waals surface area contributed by atoms with Gasteiger partial charge in [0.05, 0.1) is 6.10 Å². The molecule has 0 saturated heterocycles. The van der Waals surface area contributed by atoms with Crippen LogP contribution in [-0.2, 0) is 5.41 Å². The van der Waals surface area contributed by atoms with Gasteiger partial charge in [-0.1, -0.05) is 37.3 Å². The van der Waals surface area contributed by atoms with Gasteiger partial charge < -0.3 is 5.11 Å². The lowest BCUT2D eigenvalue weighted by atomic mass is 9.84. The van der Waals surface area contributed by atoms with Crippen LogP contribution in [0.5, 0.6) is 0 Å². The van der Waals surface area contributed by atoms with Crippen molar-refractivity contribution in [1.82, 2.24) is 0 Å². The molecule has 0 heterocycles. The van der Waals surface area contributed by atoms with E-state index in [1.54, 1.807) is 0 Å². The number of aliphatic hydroxyl groups excluding tert-OH is 1. The van der Waals surface area contributed by atoms with Gasteiger partial charge in [0.15, 0.2) is 0 Å². The van der Waals surface area contributed by atoms with Gasteiger partial charge in [-0.05, 0) is 17.5 Å². The summed E-state index contributed by atoms with van der Waals surface area (Å²) in [5.41, 5.74) is 2.23. The second-order valence-electron chi connectivity index (χ2n) is 3.93. The molecule has 0 unspecified atom stereocenters. The molecule has 0 spiro atoms. The fourth-order valence-corrected chi connectivity index (χ4v) is 2.12. The number of hydrogen-bond donors (Lipinski definition) is 1. The average Bonchev–Trinajstić information content (AvgIpc) is 2.42. The average molecular weight is 174 g/mol. The highest BCUT2D eigenvalue weighted by Gasteiger charge is 2.36. The van der Waals surface area contributed by atoms with Crippen LogP contribution in [0.15, 0.2) is 36.9 Å². The fraction of sp³-hybridized carbons (Fsp3) is 0.333. The van der Waals surface area contributed by atoms with Crippen LogP contribution in [0.1, 0.15) is 30.6 Å². The second kappa shape index (κ2) is 2.71. The molecule has 1 heteroatoms. The molecule has 0 amide bonds. The van der Waals surface area contributed by atoms with E-state index in [2.05, 4.69) is 19.6 Å². The maximum atomic E-state index is 9.80. The Kier molecular flexibility index (Phi) is 1.77. The van der Waals surface area contributed by atoms with Gasteiger partial charge in [-0.25, -0.2) is 0 Å². The van der Waals surface area contributed by atoms with E-state index >= 15 is 0 Å². The fourth-order valence-electron chi connectivity index (χ4n) is 2.12. The summed E-state index contributed by atoms with van der Waals surface area (Å²) in [6, 6.07) is 8.05. The lowest BCUT2D eigenvalue weighted by Crippen LogP contribution is -2.13. The summed E-state index contributed by atoms with van der Waals surface area (Å²) >= 11 is 0. The maximum absolute atomic E-state index is 9.80. The third-order valence-corrected chi connectivity index (χ3v) is 3.00. The minimum Gasteiger partial charge on any atom is -0.388 e. The molecule has 1 N–H and O–H groups in total. The number of hydrogen-bond acceptors (Lipinski definition) is 1. The first-order valence-electron chi connectivity index (χ1n) is 4.58. The Morgan fingerprint density at radius 1 is 1.54 bits per heavy atom. The predicted molar refractivity (Wildman–Crippen MR) is 53.6 cm³/mol. The summed E-state index contributed by atoms with van der Waals surface area (Å²) in [5, 5.41) is 9.80. The Bertz CT molecular complexity index is 343. The van der Waals surface area contributed by atoms with Crippen molar-refractivity contribution in [2.45, 2.75) is 24.9 Å². The van der Waals surface area contributed by atoms with Gasteiger partial charge in [0.1, 0.15) is 0 Å². The van der Waals surface area contributed by atoms with E-state index < -0.39 is 0 Å². The van der Waals surface area contributed by atoms with Crippen LogP contribution in [0.4, 0.5) is 0 Å². The summed E-state index contributed by atoms with van der Waals surface area (Å²) in [5.74, 6) is 0. The molecule has 2 atom stereocenters. The van der Waals surface area contributed by atoms with E-state index in [1.807, 2.05) is 24.3 Å². The Labute approximate surface area is 78.7 Å². The lowest BCUT2D eigenvalue weighted by molar-refractivity contribution is 0.166. The van der Waals surface area contributed by atoms with Crippen molar-refractivity contribution in [1.29, 1.82) is 0 Å². The van der Waals surface area contributed by atoms with E-state index in [4.69, 9.17) is 0 Å². The standard InChI is InChI=1S/C12H14O/c1-3-12(2)8-11(13)9-6-4-5-7-10(9)12/h3-7,11,13H,1,8H2,2H3/t11-,12+/m0/s1. The van der Waals surface area contributed by atoms with Gasteiger partial charge >= 0.3 is 0 Å². The van der Waals surface area contributed by atoms with Crippen LogP contribution in [0, 0.1) is 0 Å². The second-order valence-corrected chi connectivity index (χ2v) is 3.93. The number of allylic oxidation sites excluding steroid dienone is 1. The zero-order chi connectivity index (χ0) is 9.47. The first kappa shape index (κ1) is 8.52. The lowest BCUT2D eigenvalue weighted by Gasteiger charge is -2.19. The number of fused-ring (bicyclic) bond motifs is 1. The van der Waals surface area contributed by atoms with E-state index in [0.717, 1.165) is 12.0 Å². The highest BCUT2D eigenvalue weighted by Crippen LogP contribution is 2.45. The molecule has 1 aliphatic rings. The van der Waals surface area contributed by atoms with E-state index in [-0.39, 0.29) is 11.5 Å². The summed E-state index contributed by atoms with van der Waals surface area (Å²) in [6.07, 6.45) is 2.37. The van der Waals surface area contributed by atoms with E-state index in [9.17, 15) is 5.11 Å². The van der Waals surface area contributed by atoms with Crippen molar-refractivity contribution in [3.05, 3.63) is 48.0 Å². The molecule has 1 aromatic carbocycles. The summed E-state index contributed by atoms with van der Waals surface area (Å²) in [7, 11) is 0. The van der Waals surface area contributed by atoms with Gasteiger partial charge in [0.2, 0.25) is 0 Å². The van der Waals surface area contributed by atoms with Gasteiger partial charge in [0.25, 0.3) is 0 Å². The molecule has 0 aliphatic heterocycles. The van der Waals surface area contributed by atoms with Crippen LogP contribution < -0.4 is 0 Å². The quantitative estimate of drug-likeness (QED) is 0.649. The first-order valence-corrected chi connectivity index (χ1v) is 4.58. The number of aliphatic hydroxyl groups is 1. The highest BCUT2D eigenvalue weighted by molar-refractivity contribution is 5.43. The molecule has 68 valence electrons. The monoisotopic (exact) mass is 174 g/mol. The van der Waals surface area contributed by atoms with Crippen LogP contribution in [0.25, 0.3) is 0 Å². The van der Waals surface area contributed by atoms with Crippen molar-refractivity contribution in [2.24, 2.45) is 0 Å².